The number of aliphatic hydroxyl groups excluding tert-OH is 1. The zero-order valence-corrected chi connectivity index (χ0v) is 16.5. The van der Waals surface area contributed by atoms with Crippen molar-refractivity contribution in [1.82, 2.24) is 10.1 Å². The number of aliphatic imine (C=N–C) groups is 1. The van der Waals surface area contributed by atoms with Gasteiger partial charge in [0.25, 0.3) is 0 Å². The van der Waals surface area contributed by atoms with Gasteiger partial charge in [0.05, 0.1) is 24.6 Å². The van der Waals surface area contributed by atoms with Gasteiger partial charge in [-0.15, -0.1) is 0 Å². The van der Waals surface area contributed by atoms with Crippen LogP contribution in [-0.4, -0.2) is 40.7 Å². The van der Waals surface area contributed by atoms with Crippen molar-refractivity contribution in [2.75, 3.05) is 18.0 Å². The third-order valence-corrected chi connectivity index (χ3v) is 5.77. The molecule has 1 aromatic heterocycles. The van der Waals surface area contributed by atoms with Crippen LogP contribution in [0, 0.1) is 5.92 Å². The van der Waals surface area contributed by atoms with E-state index in [2.05, 4.69) is 40.8 Å². The highest BCUT2D eigenvalue weighted by atomic mass is 16.5. The number of aliphatic hydroxyl groups is 1. The average Bonchev–Trinajstić information content (AvgIpc) is 3.43. The van der Waals surface area contributed by atoms with Crippen molar-refractivity contribution in [3.63, 3.8) is 0 Å². The van der Waals surface area contributed by atoms with Crippen LogP contribution in [-0.2, 0) is 5.41 Å². The van der Waals surface area contributed by atoms with Crippen LogP contribution in [0.25, 0.3) is 5.57 Å². The second-order valence-corrected chi connectivity index (χ2v) is 7.88. The van der Waals surface area contributed by atoms with Crippen LogP contribution >= 0.6 is 0 Å². The smallest absolute Gasteiger partial charge is 0.324 e. The highest BCUT2D eigenvalue weighted by Crippen LogP contribution is 2.50. The fourth-order valence-corrected chi connectivity index (χ4v) is 3.75. The van der Waals surface area contributed by atoms with Crippen LogP contribution in [0.5, 0.6) is 0 Å². The summed E-state index contributed by atoms with van der Waals surface area (Å²) in [6.45, 7) is 6.79. The molecule has 5 N–H and O–H groups in total. The van der Waals surface area contributed by atoms with Crippen molar-refractivity contribution in [1.29, 1.82) is 0 Å². The predicted octanol–water partition coefficient (Wildman–Crippen LogP) is 1.77. The molecule has 152 valence electrons. The molecule has 0 amide bonds. The number of nitrogens with two attached hydrogens (primary N) is 2. The molecule has 0 radical (unpaired) electrons. The van der Waals surface area contributed by atoms with Crippen molar-refractivity contribution in [2.24, 2.45) is 22.4 Å². The van der Waals surface area contributed by atoms with Crippen LogP contribution in [0.4, 0.5) is 6.01 Å². The molecule has 8 nitrogen and oxygen atoms in total. The number of anilines is 1. The topological polar surface area (TPSA) is 127 Å². The molecule has 0 spiro atoms. The second-order valence-electron chi connectivity index (χ2n) is 7.88. The van der Waals surface area contributed by atoms with Gasteiger partial charge in [-0.3, -0.25) is 0 Å². The molecule has 4 rings (SSSR count). The maximum atomic E-state index is 9.52. The molecule has 1 atom stereocenters. The molecule has 2 aliphatic rings. The molecule has 1 aromatic carbocycles. The summed E-state index contributed by atoms with van der Waals surface area (Å²) in [6, 6.07) is 8.64. The number of β-amino-alcohol motifs (C(OH)–C–C–N with tert-alkyl or cyclic N) is 1. The quantitative estimate of drug-likeness (QED) is 0.611. The van der Waals surface area contributed by atoms with Gasteiger partial charge in [0.1, 0.15) is 5.82 Å². The summed E-state index contributed by atoms with van der Waals surface area (Å²) in [6.07, 6.45) is 5.03. The van der Waals surface area contributed by atoms with Gasteiger partial charge in [-0.2, -0.15) is 4.98 Å². The van der Waals surface area contributed by atoms with Gasteiger partial charge < -0.3 is 26.0 Å². The molecule has 1 aliphatic carbocycles. The highest BCUT2D eigenvalue weighted by molar-refractivity contribution is 6.09. The fraction of sp³-hybridized carbons (Fsp3) is 0.381. The minimum absolute atomic E-state index is 0.227. The van der Waals surface area contributed by atoms with Gasteiger partial charge in [0, 0.05) is 18.0 Å². The molecule has 8 heteroatoms. The van der Waals surface area contributed by atoms with Crippen molar-refractivity contribution >= 4 is 17.8 Å². The maximum absolute atomic E-state index is 9.52. The number of hydrogen-bond donors (Lipinski definition) is 3. The Morgan fingerprint density at radius 3 is 2.59 bits per heavy atom. The van der Waals surface area contributed by atoms with Crippen LogP contribution in [0.1, 0.15) is 36.7 Å². The van der Waals surface area contributed by atoms with Gasteiger partial charge >= 0.3 is 6.01 Å². The number of rotatable bonds is 7. The minimum atomic E-state index is -0.337. The van der Waals surface area contributed by atoms with Crippen molar-refractivity contribution in [2.45, 2.75) is 31.3 Å². The zero-order valence-electron chi connectivity index (χ0n) is 16.5. The number of nitrogens with zero attached hydrogens (tertiary/aromatic N) is 4. The first-order valence-corrected chi connectivity index (χ1v) is 9.70. The molecular weight excluding hydrogens is 368 g/mol. The number of benzene rings is 1. The lowest BCUT2D eigenvalue weighted by atomic mass is 9.76. The largest absolute Gasteiger partial charge is 0.404 e. The van der Waals surface area contributed by atoms with Crippen LogP contribution in [0.15, 0.2) is 52.4 Å². The van der Waals surface area contributed by atoms with Crippen LogP contribution in [0.3, 0.4) is 0 Å². The molecule has 2 heterocycles. The van der Waals surface area contributed by atoms with Crippen LogP contribution < -0.4 is 16.4 Å². The summed E-state index contributed by atoms with van der Waals surface area (Å²) in [5.74, 6) is 1.37. The van der Waals surface area contributed by atoms with E-state index in [0.29, 0.717) is 30.8 Å². The zero-order chi connectivity index (χ0) is 20.6. The van der Waals surface area contributed by atoms with E-state index < -0.39 is 0 Å². The standard InChI is InChI=1S/C21H26N6O2/c1-13(23)24-10-15(9-22)14-3-5-16(6-4-14)21(2,17-7-8-17)19-25-20(29-26-19)27-11-18(28)12-27/h3-6,9-10,17-18,28H,1,7-8,11-12,22-23H2,2H3/b15-9+,24-10-. The van der Waals surface area contributed by atoms with E-state index in [-0.39, 0.29) is 17.3 Å². The van der Waals surface area contributed by atoms with Gasteiger partial charge in [-0.25, -0.2) is 4.99 Å². The molecule has 29 heavy (non-hydrogen) atoms. The monoisotopic (exact) mass is 394 g/mol. The number of hydrogen-bond acceptors (Lipinski definition) is 8. The van der Waals surface area contributed by atoms with Gasteiger partial charge in [-0.05, 0) is 36.8 Å². The minimum Gasteiger partial charge on any atom is -0.404 e. The first-order chi connectivity index (χ1) is 13.9. The van der Waals surface area contributed by atoms with Gasteiger partial charge in [-0.1, -0.05) is 36.0 Å². The summed E-state index contributed by atoms with van der Waals surface area (Å²) >= 11 is 0. The Kier molecular flexibility index (Phi) is 4.87. The lowest BCUT2D eigenvalue weighted by molar-refractivity contribution is 0.135. The van der Waals surface area contributed by atoms with Crippen molar-refractivity contribution in [3.8, 4) is 0 Å². The van der Waals surface area contributed by atoms with Gasteiger partial charge in [0.15, 0.2) is 5.82 Å². The molecule has 1 aliphatic heterocycles. The highest BCUT2D eigenvalue weighted by Gasteiger charge is 2.47. The molecule has 1 saturated carbocycles. The Hall–Kier alpha value is -3.13. The Morgan fingerprint density at radius 1 is 1.34 bits per heavy atom. The predicted molar refractivity (Wildman–Crippen MR) is 112 cm³/mol. The normalized spacial score (nSPS) is 19.9. The molecule has 1 saturated heterocycles. The average molecular weight is 394 g/mol. The van der Waals surface area contributed by atoms with Crippen molar-refractivity contribution < 1.29 is 9.63 Å². The Labute approximate surface area is 169 Å². The first-order valence-electron chi connectivity index (χ1n) is 9.70. The Bertz CT molecular complexity index is 954. The number of aromatic nitrogens is 2. The molecular formula is C21H26N6O2. The molecule has 1 unspecified atom stereocenters. The van der Waals surface area contributed by atoms with E-state index >= 15 is 0 Å². The van der Waals surface area contributed by atoms with E-state index in [1.807, 2.05) is 17.0 Å². The number of allylic oxidation sites excluding steroid dienone is 1. The fourth-order valence-electron chi connectivity index (χ4n) is 3.75. The summed E-state index contributed by atoms with van der Waals surface area (Å²) in [4.78, 5) is 10.6. The lowest BCUT2D eigenvalue weighted by Crippen LogP contribution is -2.51. The van der Waals surface area contributed by atoms with Crippen LogP contribution in [0.2, 0.25) is 0 Å². The second kappa shape index (κ2) is 7.36. The van der Waals surface area contributed by atoms with E-state index in [9.17, 15) is 5.11 Å². The summed E-state index contributed by atoms with van der Waals surface area (Å²) in [7, 11) is 0. The lowest BCUT2D eigenvalue weighted by Gasteiger charge is -2.33. The molecule has 0 bridgehead atoms. The van der Waals surface area contributed by atoms with E-state index in [4.69, 9.17) is 16.0 Å². The molecule has 2 aromatic rings. The van der Waals surface area contributed by atoms with E-state index in [1.165, 1.54) is 6.20 Å². The summed E-state index contributed by atoms with van der Waals surface area (Å²) in [5, 5.41) is 13.8. The summed E-state index contributed by atoms with van der Waals surface area (Å²) in [5.41, 5.74) is 13.7. The SMILES string of the molecule is C=C(N)/N=C\C(=C/N)c1ccc(C(C)(c2noc(N3CC(O)C3)n2)C2CC2)cc1. The third-order valence-electron chi connectivity index (χ3n) is 5.77. The van der Waals surface area contributed by atoms with E-state index in [0.717, 1.165) is 29.5 Å². The summed E-state index contributed by atoms with van der Waals surface area (Å²) < 4.78 is 5.49. The van der Waals surface area contributed by atoms with Crippen molar-refractivity contribution in [3.05, 3.63) is 59.8 Å². The third kappa shape index (κ3) is 3.63. The maximum Gasteiger partial charge on any atom is 0.324 e. The first kappa shape index (κ1) is 19.2. The Morgan fingerprint density at radius 2 is 2.03 bits per heavy atom. The molecule has 2 fully saturated rings. The van der Waals surface area contributed by atoms with Gasteiger partial charge in [0.2, 0.25) is 0 Å². The Balaban J connectivity index is 1.61. The van der Waals surface area contributed by atoms with E-state index in [1.54, 1.807) is 6.21 Å².